The molecule has 0 spiro atoms. The van der Waals surface area contributed by atoms with Gasteiger partial charge in [-0.3, -0.25) is 4.90 Å². The molecule has 0 N–H and O–H groups in total. The Morgan fingerprint density at radius 1 is 1.17 bits per heavy atom. The zero-order valence-electron chi connectivity index (χ0n) is 17.5. The summed E-state index contributed by atoms with van der Waals surface area (Å²) >= 11 is 0. The summed E-state index contributed by atoms with van der Waals surface area (Å²) in [4.78, 5) is 4.76. The van der Waals surface area contributed by atoms with Crippen LogP contribution in [0.15, 0.2) is 18.2 Å². The number of methoxy groups -OCH3 is 2. The maximum Gasteiger partial charge on any atom is 0.173 e. The summed E-state index contributed by atoms with van der Waals surface area (Å²) in [5.74, 6) is 2.41. The number of hydrogen-bond acceptors (Lipinski definition) is 8. The van der Waals surface area contributed by atoms with Crippen molar-refractivity contribution in [2.24, 2.45) is 0 Å². The van der Waals surface area contributed by atoms with Crippen LogP contribution in [0.25, 0.3) is 0 Å². The van der Waals surface area contributed by atoms with Gasteiger partial charge in [-0.25, -0.2) is 4.68 Å². The second-order valence-electron chi connectivity index (χ2n) is 7.70. The maximum atomic E-state index is 5.83. The molecule has 9 heteroatoms. The van der Waals surface area contributed by atoms with Gasteiger partial charge in [0.25, 0.3) is 0 Å². The van der Waals surface area contributed by atoms with Crippen molar-refractivity contribution in [1.29, 1.82) is 0 Å². The first-order valence-corrected chi connectivity index (χ1v) is 10.2. The van der Waals surface area contributed by atoms with Gasteiger partial charge in [0.15, 0.2) is 5.82 Å². The summed E-state index contributed by atoms with van der Waals surface area (Å²) in [5.41, 5.74) is 1.01. The first-order chi connectivity index (χ1) is 14.2. The minimum Gasteiger partial charge on any atom is -0.497 e. The monoisotopic (exact) mass is 402 g/mol. The van der Waals surface area contributed by atoms with E-state index in [2.05, 4.69) is 32.4 Å². The quantitative estimate of drug-likeness (QED) is 0.684. The fourth-order valence-corrected chi connectivity index (χ4v) is 4.15. The molecule has 1 aromatic carbocycles. The number of piperazine rings is 1. The van der Waals surface area contributed by atoms with Crippen LogP contribution in [0.3, 0.4) is 0 Å². The van der Waals surface area contributed by atoms with Crippen molar-refractivity contribution in [3.63, 3.8) is 0 Å². The highest BCUT2D eigenvalue weighted by Gasteiger charge is 2.33. The predicted octanol–water partition coefficient (Wildman–Crippen LogP) is 1.21. The molecular formula is C20H30N6O3. The van der Waals surface area contributed by atoms with Gasteiger partial charge in [0.05, 0.1) is 26.9 Å². The molecule has 2 fully saturated rings. The van der Waals surface area contributed by atoms with E-state index >= 15 is 0 Å². The lowest BCUT2D eigenvalue weighted by molar-refractivity contribution is 0.0876. The number of likely N-dealkylation sites (N-methyl/N-ethyl adjacent to an activating group) is 1. The summed E-state index contributed by atoms with van der Waals surface area (Å²) in [5, 5.41) is 12.8. The van der Waals surface area contributed by atoms with Crippen LogP contribution in [0.4, 0.5) is 0 Å². The smallest absolute Gasteiger partial charge is 0.173 e. The third kappa shape index (κ3) is 4.36. The number of benzene rings is 1. The maximum absolute atomic E-state index is 5.83. The highest BCUT2D eigenvalue weighted by Crippen LogP contribution is 2.36. The fourth-order valence-electron chi connectivity index (χ4n) is 4.15. The van der Waals surface area contributed by atoms with Crippen molar-refractivity contribution in [3.8, 4) is 11.5 Å². The molecule has 2 aromatic rings. The van der Waals surface area contributed by atoms with Gasteiger partial charge < -0.3 is 19.1 Å². The number of aromatic nitrogens is 4. The van der Waals surface area contributed by atoms with Crippen LogP contribution in [0.2, 0.25) is 0 Å². The number of nitrogens with zero attached hydrogens (tertiary/aromatic N) is 6. The van der Waals surface area contributed by atoms with E-state index in [4.69, 9.17) is 14.2 Å². The topological polar surface area (TPSA) is 77.8 Å². The lowest BCUT2D eigenvalue weighted by Crippen LogP contribution is -2.47. The molecule has 158 valence electrons. The molecule has 0 amide bonds. The molecule has 0 unspecified atom stereocenters. The SMILES string of the molecule is COc1ccc(OC)c([C@@H](c2nnnn2C[C@H]2CCCO2)N2CCN(C)CC2)c1. The van der Waals surface area contributed by atoms with Crippen LogP contribution in [0.5, 0.6) is 11.5 Å². The lowest BCUT2D eigenvalue weighted by atomic mass is 10.0. The molecule has 29 heavy (non-hydrogen) atoms. The molecule has 2 saturated heterocycles. The average Bonchev–Trinajstić information content (AvgIpc) is 3.42. The van der Waals surface area contributed by atoms with Gasteiger partial charge in [-0.2, -0.15) is 0 Å². The van der Waals surface area contributed by atoms with Gasteiger partial charge in [-0.15, -0.1) is 5.10 Å². The summed E-state index contributed by atoms with van der Waals surface area (Å²) in [6.07, 6.45) is 2.30. The van der Waals surface area contributed by atoms with Crippen molar-refractivity contribution >= 4 is 0 Å². The minimum atomic E-state index is -0.120. The molecule has 0 aliphatic carbocycles. The third-order valence-electron chi connectivity index (χ3n) is 5.84. The lowest BCUT2D eigenvalue weighted by Gasteiger charge is -2.38. The molecule has 2 atom stereocenters. The second kappa shape index (κ2) is 9.06. The first-order valence-electron chi connectivity index (χ1n) is 10.2. The van der Waals surface area contributed by atoms with E-state index in [1.54, 1.807) is 14.2 Å². The van der Waals surface area contributed by atoms with Crippen LogP contribution in [0, 0.1) is 0 Å². The van der Waals surface area contributed by atoms with E-state index in [0.29, 0.717) is 6.54 Å². The molecule has 0 radical (unpaired) electrons. The summed E-state index contributed by atoms with van der Waals surface area (Å²) < 4.78 is 18.9. The van der Waals surface area contributed by atoms with Gasteiger partial charge in [0, 0.05) is 38.3 Å². The van der Waals surface area contributed by atoms with E-state index in [9.17, 15) is 0 Å². The molecule has 0 saturated carbocycles. The Morgan fingerprint density at radius 3 is 2.69 bits per heavy atom. The van der Waals surface area contributed by atoms with Crippen molar-refractivity contribution < 1.29 is 14.2 Å². The van der Waals surface area contributed by atoms with Gasteiger partial charge >= 0.3 is 0 Å². The number of tetrazole rings is 1. The van der Waals surface area contributed by atoms with E-state index in [-0.39, 0.29) is 12.1 Å². The van der Waals surface area contributed by atoms with Crippen molar-refractivity contribution in [3.05, 3.63) is 29.6 Å². The highest BCUT2D eigenvalue weighted by atomic mass is 16.5. The van der Waals surface area contributed by atoms with Crippen LogP contribution >= 0.6 is 0 Å². The Bertz CT molecular complexity index is 799. The molecule has 0 bridgehead atoms. The number of rotatable bonds is 7. The summed E-state index contributed by atoms with van der Waals surface area (Å²) in [6, 6.07) is 5.78. The standard InChI is InChI=1S/C20H30N6O3/c1-24-8-10-25(11-9-24)19(17-13-15(27-2)6-7-18(17)28-3)20-21-22-23-26(20)14-16-5-4-12-29-16/h6-7,13,16,19H,4-5,8-12,14H2,1-3H3/t16-,19+/m1/s1. The summed E-state index contributed by atoms with van der Waals surface area (Å²) in [7, 11) is 5.53. The largest absolute Gasteiger partial charge is 0.497 e. The zero-order valence-corrected chi connectivity index (χ0v) is 17.5. The molecule has 2 aliphatic rings. The Kier molecular flexibility index (Phi) is 6.27. The molecule has 9 nitrogen and oxygen atoms in total. The minimum absolute atomic E-state index is 0.120. The van der Waals surface area contributed by atoms with Crippen molar-refractivity contribution in [1.82, 2.24) is 30.0 Å². The summed E-state index contributed by atoms with van der Waals surface area (Å²) in [6.45, 7) is 5.32. The third-order valence-corrected chi connectivity index (χ3v) is 5.84. The second-order valence-corrected chi connectivity index (χ2v) is 7.70. The highest BCUT2D eigenvalue weighted by molar-refractivity contribution is 5.44. The van der Waals surface area contributed by atoms with Crippen LogP contribution in [0.1, 0.15) is 30.3 Å². The van der Waals surface area contributed by atoms with Crippen molar-refractivity contribution in [2.45, 2.75) is 31.5 Å². The number of hydrogen-bond donors (Lipinski definition) is 0. The van der Waals surface area contributed by atoms with Gasteiger partial charge in [0.2, 0.25) is 0 Å². The molecule has 1 aromatic heterocycles. The first kappa shape index (κ1) is 20.1. The molecule has 4 rings (SSSR count). The van der Waals surface area contributed by atoms with E-state index in [0.717, 1.165) is 68.5 Å². The van der Waals surface area contributed by atoms with E-state index in [1.807, 2.05) is 22.9 Å². The average molecular weight is 402 g/mol. The molecular weight excluding hydrogens is 372 g/mol. The van der Waals surface area contributed by atoms with E-state index < -0.39 is 0 Å². The normalized spacial score (nSPS) is 22.0. The van der Waals surface area contributed by atoms with Crippen LogP contribution < -0.4 is 9.47 Å². The van der Waals surface area contributed by atoms with Gasteiger partial charge in [0.1, 0.15) is 17.5 Å². The van der Waals surface area contributed by atoms with Crippen LogP contribution in [-0.4, -0.2) is 90.2 Å². The van der Waals surface area contributed by atoms with Gasteiger partial charge in [-0.1, -0.05) is 0 Å². The Hall–Kier alpha value is -2.23. The number of ether oxygens (including phenoxy) is 3. The van der Waals surface area contributed by atoms with Crippen molar-refractivity contribution in [2.75, 3.05) is 54.1 Å². The Morgan fingerprint density at radius 2 is 2.00 bits per heavy atom. The Balaban J connectivity index is 1.73. The molecule has 3 heterocycles. The predicted molar refractivity (Wildman–Crippen MR) is 107 cm³/mol. The van der Waals surface area contributed by atoms with Gasteiger partial charge in [-0.05, 0) is 48.5 Å². The molecule has 2 aliphatic heterocycles. The van der Waals surface area contributed by atoms with E-state index in [1.165, 1.54) is 0 Å². The Labute approximate surface area is 171 Å². The zero-order chi connectivity index (χ0) is 20.2. The fraction of sp³-hybridized carbons (Fsp3) is 0.650. The van der Waals surface area contributed by atoms with Crippen LogP contribution in [-0.2, 0) is 11.3 Å².